The van der Waals surface area contributed by atoms with E-state index in [0.29, 0.717) is 0 Å². The molecule has 0 aliphatic carbocycles. The van der Waals surface area contributed by atoms with Gasteiger partial charge in [0.1, 0.15) is 34.0 Å². The molecular formula is C23H16N8O8. The maximum atomic E-state index is 11.7. The van der Waals surface area contributed by atoms with E-state index in [-0.39, 0.29) is 45.3 Å². The minimum Gasteiger partial charge on any atom is -0.507 e. The molecule has 0 aliphatic rings. The SMILES string of the molecule is NN=C(C=Nc1ccc(C(=O)O)c(O)c1)c1ccc([N+](=O)[O-])c(-c2cn(-c3ccc(C(=O)O)c(O)c3)nn2)n1. The summed E-state index contributed by atoms with van der Waals surface area (Å²) in [5, 5.41) is 60.9. The van der Waals surface area contributed by atoms with Crippen molar-refractivity contribution in [1.29, 1.82) is 0 Å². The number of carboxylic acid groups (broad SMARTS) is 2. The lowest BCUT2D eigenvalue weighted by atomic mass is 10.1. The van der Waals surface area contributed by atoms with Crippen LogP contribution in [0.2, 0.25) is 0 Å². The molecule has 4 rings (SSSR count). The summed E-state index contributed by atoms with van der Waals surface area (Å²) in [6, 6.07) is 9.68. The molecule has 0 amide bonds. The summed E-state index contributed by atoms with van der Waals surface area (Å²) in [7, 11) is 0. The third-order valence-electron chi connectivity index (χ3n) is 5.23. The van der Waals surface area contributed by atoms with Crippen LogP contribution in [0.4, 0.5) is 11.4 Å². The van der Waals surface area contributed by atoms with Crippen LogP contribution in [-0.2, 0) is 0 Å². The lowest BCUT2D eigenvalue weighted by molar-refractivity contribution is -0.384. The molecule has 0 fully saturated rings. The Hall–Kier alpha value is -6.19. The molecule has 0 saturated carbocycles. The van der Waals surface area contributed by atoms with Gasteiger partial charge in [-0.1, -0.05) is 5.21 Å². The quantitative estimate of drug-likeness (QED) is 0.0946. The van der Waals surface area contributed by atoms with E-state index in [1.165, 1.54) is 24.4 Å². The lowest BCUT2D eigenvalue weighted by Gasteiger charge is -2.04. The Balaban J connectivity index is 1.69. The maximum Gasteiger partial charge on any atom is 0.339 e. The van der Waals surface area contributed by atoms with Crippen LogP contribution in [0.1, 0.15) is 26.4 Å². The summed E-state index contributed by atoms with van der Waals surface area (Å²) in [4.78, 5) is 41.5. The highest BCUT2D eigenvalue weighted by atomic mass is 16.6. The average molecular weight is 532 g/mol. The molecule has 0 atom stereocenters. The molecule has 196 valence electrons. The van der Waals surface area contributed by atoms with Crippen molar-refractivity contribution in [3.05, 3.63) is 81.7 Å². The van der Waals surface area contributed by atoms with E-state index in [4.69, 9.17) is 16.1 Å². The average Bonchev–Trinajstić information content (AvgIpc) is 3.39. The van der Waals surface area contributed by atoms with Gasteiger partial charge in [0.25, 0.3) is 5.69 Å². The van der Waals surface area contributed by atoms with E-state index in [0.717, 1.165) is 41.2 Å². The van der Waals surface area contributed by atoms with E-state index in [1.54, 1.807) is 0 Å². The first-order chi connectivity index (χ1) is 18.6. The number of benzene rings is 2. The molecule has 0 radical (unpaired) electrons. The number of aliphatic imine (C=N–C) groups is 1. The smallest absolute Gasteiger partial charge is 0.339 e. The van der Waals surface area contributed by atoms with Crippen molar-refractivity contribution in [1.82, 2.24) is 20.0 Å². The third kappa shape index (κ3) is 5.33. The molecule has 16 nitrogen and oxygen atoms in total. The molecule has 16 heteroatoms. The summed E-state index contributed by atoms with van der Waals surface area (Å²) in [6.07, 6.45) is 2.45. The predicted octanol–water partition coefficient (Wildman–Crippen LogP) is 2.11. The first-order valence-electron chi connectivity index (χ1n) is 10.6. The van der Waals surface area contributed by atoms with E-state index in [1.807, 2.05) is 0 Å². The van der Waals surface area contributed by atoms with Crippen molar-refractivity contribution < 1.29 is 34.9 Å². The number of rotatable bonds is 8. The molecule has 0 bridgehead atoms. The van der Waals surface area contributed by atoms with Gasteiger partial charge >= 0.3 is 11.9 Å². The van der Waals surface area contributed by atoms with Gasteiger partial charge in [0.2, 0.25) is 0 Å². The molecule has 0 saturated heterocycles. The van der Waals surface area contributed by atoms with Gasteiger partial charge in [0.05, 0.1) is 34.4 Å². The summed E-state index contributed by atoms with van der Waals surface area (Å²) in [5.41, 5.74) is -0.861. The monoisotopic (exact) mass is 532 g/mol. The zero-order valence-corrected chi connectivity index (χ0v) is 19.4. The zero-order valence-electron chi connectivity index (χ0n) is 19.4. The molecule has 2 aromatic heterocycles. The van der Waals surface area contributed by atoms with Crippen LogP contribution >= 0.6 is 0 Å². The lowest BCUT2D eigenvalue weighted by Crippen LogP contribution is -2.10. The second kappa shape index (κ2) is 10.4. The number of pyridine rings is 1. The molecule has 4 aromatic rings. The molecule has 2 heterocycles. The number of aromatic hydroxyl groups is 2. The normalized spacial score (nSPS) is 11.5. The van der Waals surface area contributed by atoms with E-state index >= 15 is 0 Å². The molecule has 2 aromatic carbocycles. The number of phenols is 2. The minimum atomic E-state index is -1.33. The van der Waals surface area contributed by atoms with Gasteiger partial charge in [-0.15, -0.1) is 5.10 Å². The van der Waals surface area contributed by atoms with Crippen molar-refractivity contribution in [3.63, 3.8) is 0 Å². The fourth-order valence-electron chi connectivity index (χ4n) is 3.35. The van der Waals surface area contributed by atoms with E-state index in [2.05, 4.69) is 25.4 Å². The first-order valence-corrected chi connectivity index (χ1v) is 10.6. The Morgan fingerprint density at radius 2 is 1.67 bits per heavy atom. The summed E-state index contributed by atoms with van der Waals surface area (Å²) in [5.74, 6) is 1.80. The third-order valence-corrected chi connectivity index (χ3v) is 5.23. The number of nitrogens with two attached hydrogens (primary N) is 1. The fourth-order valence-corrected chi connectivity index (χ4v) is 3.35. The Labute approximate surface area is 216 Å². The van der Waals surface area contributed by atoms with Crippen LogP contribution in [0.5, 0.6) is 11.5 Å². The van der Waals surface area contributed by atoms with Gasteiger partial charge in [0, 0.05) is 18.2 Å². The van der Waals surface area contributed by atoms with Gasteiger partial charge < -0.3 is 26.3 Å². The van der Waals surface area contributed by atoms with Gasteiger partial charge in [-0.25, -0.2) is 19.3 Å². The van der Waals surface area contributed by atoms with Crippen molar-refractivity contribution >= 4 is 35.2 Å². The Morgan fingerprint density at radius 3 is 2.26 bits per heavy atom. The number of hydrazone groups is 1. The molecule has 6 N–H and O–H groups in total. The Morgan fingerprint density at radius 1 is 1.00 bits per heavy atom. The number of nitro groups is 1. The summed E-state index contributed by atoms with van der Waals surface area (Å²) in [6.45, 7) is 0. The number of carboxylic acids is 2. The molecular weight excluding hydrogens is 516 g/mol. The topological polar surface area (TPSA) is 253 Å². The standard InChI is InChI=1S/C23H16N8O8/c24-27-16(9-25-11-1-3-13(22(34)35)19(32)7-11)15-5-6-18(31(38)39)21(26-15)17-10-30(29-28-17)12-2-4-14(23(36)37)20(33)8-12/h1-10,32-33H,24H2,(H,34,35)(H,36,37). The van der Waals surface area contributed by atoms with Gasteiger partial charge in [-0.05, 0) is 30.3 Å². The van der Waals surface area contributed by atoms with Crippen LogP contribution in [0.25, 0.3) is 17.1 Å². The summed E-state index contributed by atoms with van der Waals surface area (Å²) < 4.78 is 1.16. The largest absolute Gasteiger partial charge is 0.507 e. The molecule has 0 spiro atoms. The predicted molar refractivity (Wildman–Crippen MR) is 134 cm³/mol. The zero-order chi connectivity index (χ0) is 28.3. The van der Waals surface area contributed by atoms with Gasteiger partial charge in [-0.2, -0.15) is 5.10 Å². The number of carbonyl (C=O) groups is 2. The fraction of sp³-hybridized carbons (Fsp3) is 0. The van der Waals surface area contributed by atoms with Gasteiger partial charge in [-0.3, -0.25) is 15.1 Å². The van der Waals surface area contributed by atoms with Crippen molar-refractivity contribution in [2.75, 3.05) is 0 Å². The second-order valence-electron chi connectivity index (χ2n) is 7.66. The molecule has 39 heavy (non-hydrogen) atoms. The van der Waals surface area contributed by atoms with Crippen molar-refractivity contribution in [2.24, 2.45) is 15.9 Å². The number of hydrogen-bond donors (Lipinski definition) is 5. The summed E-state index contributed by atoms with van der Waals surface area (Å²) >= 11 is 0. The van der Waals surface area contributed by atoms with Crippen molar-refractivity contribution in [2.45, 2.75) is 0 Å². The Kier molecular flexibility index (Phi) is 6.92. The van der Waals surface area contributed by atoms with Crippen LogP contribution in [0, 0.1) is 10.1 Å². The van der Waals surface area contributed by atoms with Crippen molar-refractivity contribution in [3.8, 4) is 28.6 Å². The number of nitrogens with zero attached hydrogens (tertiary/aromatic N) is 7. The van der Waals surface area contributed by atoms with E-state index in [9.17, 15) is 29.9 Å². The van der Waals surface area contributed by atoms with Gasteiger partial charge in [0.15, 0.2) is 5.69 Å². The van der Waals surface area contributed by atoms with Crippen LogP contribution in [0.3, 0.4) is 0 Å². The number of aromatic carboxylic acids is 2. The highest BCUT2D eigenvalue weighted by Crippen LogP contribution is 2.28. The second-order valence-corrected chi connectivity index (χ2v) is 7.66. The number of hydrogen-bond acceptors (Lipinski definition) is 12. The Bertz CT molecular complexity index is 1700. The maximum absolute atomic E-state index is 11.7. The van der Waals surface area contributed by atoms with Crippen LogP contribution in [-0.4, -0.2) is 69.2 Å². The minimum absolute atomic E-state index is 0.0190. The van der Waals surface area contributed by atoms with Crippen LogP contribution in [0.15, 0.2) is 64.8 Å². The highest BCUT2D eigenvalue weighted by Gasteiger charge is 2.22. The number of aromatic nitrogens is 4. The van der Waals surface area contributed by atoms with Crippen LogP contribution < -0.4 is 5.84 Å². The molecule has 0 aliphatic heterocycles. The first kappa shape index (κ1) is 25.9. The molecule has 0 unspecified atom stereocenters. The highest BCUT2D eigenvalue weighted by molar-refractivity contribution is 6.38. The van der Waals surface area contributed by atoms with E-state index < -0.39 is 34.0 Å².